The highest BCUT2D eigenvalue weighted by Gasteiger charge is 2.18. The van der Waals surface area contributed by atoms with Gasteiger partial charge in [0.15, 0.2) is 0 Å². The third kappa shape index (κ3) is 2.86. The topological polar surface area (TPSA) is 48.1 Å². The van der Waals surface area contributed by atoms with E-state index in [9.17, 15) is 0 Å². The van der Waals surface area contributed by atoms with E-state index in [0.717, 1.165) is 24.2 Å². The number of nitrogens with two attached hydrogens (primary N) is 1. The van der Waals surface area contributed by atoms with Crippen LogP contribution in [0.3, 0.4) is 0 Å². The second-order valence-electron chi connectivity index (χ2n) is 5.14. The van der Waals surface area contributed by atoms with Gasteiger partial charge in [-0.05, 0) is 43.9 Å². The zero-order valence-corrected chi connectivity index (χ0v) is 12.6. The van der Waals surface area contributed by atoms with Crippen molar-refractivity contribution < 1.29 is 4.74 Å². The molecule has 1 aromatic carbocycles. The quantitative estimate of drug-likeness (QED) is 0.918. The molecule has 0 amide bonds. The van der Waals surface area contributed by atoms with Gasteiger partial charge in [-0.15, -0.1) is 11.3 Å². The van der Waals surface area contributed by atoms with Gasteiger partial charge >= 0.3 is 0 Å². The van der Waals surface area contributed by atoms with Crippen molar-refractivity contribution in [2.75, 3.05) is 6.61 Å². The second-order valence-corrected chi connectivity index (χ2v) is 6.31. The number of aromatic nitrogens is 1. The molecule has 2 N–H and O–H groups in total. The fourth-order valence-corrected chi connectivity index (χ4v) is 3.83. The van der Waals surface area contributed by atoms with Gasteiger partial charge in [0.05, 0.1) is 17.3 Å². The first-order valence-corrected chi connectivity index (χ1v) is 8.03. The molecular formula is C16H20N2OS. The van der Waals surface area contributed by atoms with Crippen molar-refractivity contribution >= 4 is 11.3 Å². The first-order valence-electron chi connectivity index (χ1n) is 7.22. The lowest BCUT2D eigenvalue weighted by atomic mass is 10.1. The molecule has 0 fully saturated rings. The number of fused-ring (bicyclic) bond motifs is 1. The van der Waals surface area contributed by atoms with E-state index < -0.39 is 0 Å². The van der Waals surface area contributed by atoms with Crippen LogP contribution in [0.4, 0.5) is 0 Å². The van der Waals surface area contributed by atoms with Gasteiger partial charge in [0.2, 0.25) is 0 Å². The van der Waals surface area contributed by atoms with E-state index in [1.807, 2.05) is 30.4 Å². The molecule has 0 saturated carbocycles. The summed E-state index contributed by atoms with van der Waals surface area (Å²) in [5.41, 5.74) is 8.75. The van der Waals surface area contributed by atoms with Gasteiger partial charge in [0.1, 0.15) is 5.75 Å². The van der Waals surface area contributed by atoms with Crippen molar-refractivity contribution in [1.82, 2.24) is 4.98 Å². The van der Waals surface area contributed by atoms with Gasteiger partial charge in [-0.1, -0.05) is 12.1 Å². The lowest BCUT2D eigenvalue weighted by Crippen LogP contribution is -2.13. The predicted molar refractivity (Wildman–Crippen MR) is 82.4 cm³/mol. The average Bonchev–Trinajstić information content (AvgIpc) is 3.01. The fourth-order valence-electron chi connectivity index (χ4n) is 2.62. The normalized spacial score (nSPS) is 15.1. The Labute approximate surface area is 123 Å². The molecule has 4 heteroatoms. The van der Waals surface area contributed by atoms with Crippen molar-refractivity contribution in [2.24, 2.45) is 5.73 Å². The van der Waals surface area contributed by atoms with Crippen LogP contribution >= 0.6 is 11.3 Å². The van der Waals surface area contributed by atoms with Crippen LogP contribution in [0, 0.1) is 0 Å². The van der Waals surface area contributed by atoms with Crippen molar-refractivity contribution in [2.45, 2.75) is 38.6 Å². The first-order chi connectivity index (χ1) is 9.76. The van der Waals surface area contributed by atoms with Gasteiger partial charge in [-0.2, -0.15) is 0 Å². The molecule has 3 nitrogen and oxygen atoms in total. The lowest BCUT2D eigenvalue weighted by molar-refractivity contribution is 0.340. The minimum Gasteiger partial charge on any atom is -0.494 e. The highest BCUT2D eigenvalue weighted by molar-refractivity contribution is 7.11. The van der Waals surface area contributed by atoms with E-state index in [1.54, 1.807) is 0 Å². The summed E-state index contributed by atoms with van der Waals surface area (Å²) in [6, 6.07) is 8.09. The first kappa shape index (κ1) is 13.6. The smallest absolute Gasteiger partial charge is 0.119 e. The number of aryl methyl sites for hydroxylation is 2. The Bertz CT molecular complexity index is 555. The number of nitrogens with zero attached hydrogens (tertiary/aromatic N) is 1. The summed E-state index contributed by atoms with van der Waals surface area (Å²) >= 11 is 1.84. The summed E-state index contributed by atoms with van der Waals surface area (Å²) in [6.45, 7) is 2.68. The molecule has 1 aliphatic carbocycles. The number of hydrogen-bond donors (Lipinski definition) is 1. The SMILES string of the molecule is CCOc1ccc(C(N)Cc2nc3c(s2)CCC3)cc1. The van der Waals surface area contributed by atoms with Crippen LogP contribution < -0.4 is 10.5 Å². The predicted octanol–water partition coefficient (Wildman–Crippen LogP) is 3.27. The highest BCUT2D eigenvalue weighted by Crippen LogP contribution is 2.29. The van der Waals surface area contributed by atoms with Gasteiger partial charge in [0, 0.05) is 17.3 Å². The van der Waals surface area contributed by atoms with Gasteiger partial charge in [0.25, 0.3) is 0 Å². The van der Waals surface area contributed by atoms with E-state index >= 15 is 0 Å². The monoisotopic (exact) mass is 288 g/mol. The Morgan fingerprint density at radius 1 is 1.30 bits per heavy atom. The molecular weight excluding hydrogens is 268 g/mol. The molecule has 2 aromatic rings. The van der Waals surface area contributed by atoms with Crippen LogP contribution in [0.25, 0.3) is 0 Å². The molecule has 1 aromatic heterocycles. The third-order valence-corrected chi connectivity index (χ3v) is 4.83. The van der Waals surface area contributed by atoms with Crippen LogP contribution in [-0.2, 0) is 19.3 Å². The molecule has 0 bridgehead atoms. The van der Waals surface area contributed by atoms with Crippen LogP contribution in [-0.4, -0.2) is 11.6 Å². The lowest BCUT2D eigenvalue weighted by Gasteiger charge is -2.11. The number of thiazole rings is 1. The summed E-state index contributed by atoms with van der Waals surface area (Å²) in [4.78, 5) is 6.19. The number of hydrogen-bond acceptors (Lipinski definition) is 4. The molecule has 0 saturated heterocycles. The Morgan fingerprint density at radius 3 is 2.80 bits per heavy atom. The summed E-state index contributed by atoms with van der Waals surface area (Å²) in [5, 5.41) is 1.18. The van der Waals surface area contributed by atoms with E-state index in [0.29, 0.717) is 6.61 Å². The van der Waals surface area contributed by atoms with Crippen LogP contribution in [0.1, 0.15) is 40.5 Å². The molecule has 0 spiro atoms. The van der Waals surface area contributed by atoms with Crippen LogP contribution in [0.5, 0.6) is 5.75 Å². The minimum absolute atomic E-state index is 0.0111. The summed E-state index contributed by atoms with van der Waals surface area (Å²) in [6.07, 6.45) is 4.43. The number of benzene rings is 1. The van der Waals surface area contributed by atoms with E-state index in [2.05, 4.69) is 12.1 Å². The Hall–Kier alpha value is -1.39. The van der Waals surface area contributed by atoms with Crippen LogP contribution in [0.15, 0.2) is 24.3 Å². The largest absolute Gasteiger partial charge is 0.494 e. The van der Waals surface area contributed by atoms with Crippen molar-refractivity contribution in [3.05, 3.63) is 45.4 Å². The average molecular weight is 288 g/mol. The fraction of sp³-hybridized carbons (Fsp3) is 0.438. The molecule has 0 aliphatic heterocycles. The third-order valence-electron chi connectivity index (χ3n) is 3.65. The van der Waals surface area contributed by atoms with E-state index in [4.69, 9.17) is 15.5 Å². The number of ether oxygens (including phenoxy) is 1. The second kappa shape index (κ2) is 5.94. The van der Waals surface area contributed by atoms with E-state index in [-0.39, 0.29) is 6.04 Å². The molecule has 20 heavy (non-hydrogen) atoms. The summed E-state index contributed by atoms with van der Waals surface area (Å²) < 4.78 is 5.45. The standard InChI is InChI=1S/C16H20N2OS/c1-2-19-12-8-6-11(7-9-12)13(17)10-16-18-14-4-3-5-15(14)20-16/h6-9,13H,2-5,10,17H2,1H3. The summed E-state index contributed by atoms with van der Waals surface area (Å²) in [7, 11) is 0. The molecule has 1 aliphatic rings. The van der Waals surface area contributed by atoms with E-state index in [1.165, 1.54) is 28.4 Å². The Morgan fingerprint density at radius 2 is 2.10 bits per heavy atom. The maximum atomic E-state index is 6.30. The molecule has 1 heterocycles. The minimum atomic E-state index is 0.0111. The number of rotatable bonds is 5. The van der Waals surface area contributed by atoms with Crippen molar-refractivity contribution in [3.63, 3.8) is 0 Å². The molecule has 1 unspecified atom stereocenters. The summed E-state index contributed by atoms with van der Waals surface area (Å²) in [5.74, 6) is 0.900. The van der Waals surface area contributed by atoms with Gasteiger partial charge in [-0.25, -0.2) is 4.98 Å². The van der Waals surface area contributed by atoms with Gasteiger partial charge in [-0.3, -0.25) is 0 Å². The molecule has 1 atom stereocenters. The van der Waals surface area contributed by atoms with Crippen LogP contribution in [0.2, 0.25) is 0 Å². The maximum Gasteiger partial charge on any atom is 0.119 e. The zero-order valence-electron chi connectivity index (χ0n) is 11.8. The van der Waals surface area contributed by atoms with Gasteiger partial charge < -0.3 is 10.5 Å². The molecule has 0 radical (unpaired) electrons. The highest BCUT2D eigenvalue weighted by atomic mass is 32.1. The zero-order chi connectivity index (χ0) is 13.9. The van der Waals surface area contributed by atoms with Crippen molar-refractivity contribution in [3.8, 4) is 5.75 Å². The maximum absolute atomic E-state index is 6.30. The Kier molecular flexibility index (Phi) is 4.03. The Balaban J connectivity index is 1.67. The van der Waals surface area contributed by atoms with Crippen molar-refractivity contribution in [1.29, 1.82) is 0 Å². The molecule has 106 valence electrons. The molecule has 3 rings (SSSR count).